The molecule has 1 unspecified atom stereocenters. The summed E-state index contributed by atoms with van der Waals surface area (Å²) < 4.78 is 0. The van der Waals surface area contributed by atoms with Crippen LogP contribution in [0.1, 0.15) is 25.1 Å². The summed E-state index contributed by atoms with van der Waals surface area (Å²) in [6.45, 7) is 5.72. The van der Waals surface area contributed by atoms with Gasteiger partial charge in [0.25, 0.3) is 0 Å². The fourth-order valence-corrected chi connectivity index (χ4v) is 2.05. The molecule has 2 heteroatoms. The molecule has 0 radical (unpaired) electrons. The molecular weight excluding hydrogens is 198 g/mol. The van der Waals surface area contributed by atoms with Gasteiger partial charge in [0.15, 0.2) is 0 Å². The van der Waals surface area contributed by atoms with Crippen molar-refractivity contribution in [1.29, 1.82) is 0 Å². The molecule has 1 atom stereocenters. The highest BCUT2D eigenvalue weighted by molar-refractivity contribution is 5.86. The Morgan fingerprint density at radius 1 is 1.38 bits per heavy atom. The quantitative estimate of drug-likeness (QED) is 0.837. The summed E-state index contributed by atoms with van der Waals surface area (Å²) in [4.78, 5) is 14.7. The number of H-pyrrole nitrogens is 1. The van der Waals surface area contributed by atoms with Crippen molar-refractivity contribution < 1.29 is 4.79 Å². The first-order valence-corrected chi connectivity index (χ1v) is 5.66. The molecule has 1 aromatic carbocycles. The molecule has 0 spiro atoms. The lowest BCUT2D eigenvalue weighted by atomic mass is 9.96. The first-order valence-electron chi connectivity index (χ1n) is 5.66. The topological polar surface area (TPSA) is 32.9 Å². The molecule has 0 amide bonds. The van der Waals surface area contributed by atoms with Crippen molar-refractivity contribution in [2.45, 2.75) is 27.2 Å². The molecular formula is C14H17NO. The standard InChI is InChI=1S/C14H17NO/c1-9(11(3)16)8-13-10(2)15-14-7-5-4-6-12(13)14/h4-7,9,15H,8H2,1-3H3. The van der Waals surface area contributed by atoms with Gasteiger partial charge in [0.2, 0.25) is 0 Å². The molecule has 0 aliphatic carbocycles. The first kappa shape index (κ1) is 10.9. The van der Waals surface area contributed by atoms with Gasteiger partial charge in [-0.2, -0.15) is 0 Å². The lowest BCUT2D eigenvalue weighted by Crippen LogP contribution is -2.09. The Morgan fingerprint density at radius 3 is 2.75 bits per heavy atom. The van der Waals surface area contributed by atoms with Crippen molar-refractivity contribution in [3.63, 3.8) is 0 Å². The predicted octanol–water partition coefficient (Wildman–Crippen LogP) is 3.24. The van der Waals surface area contributed by atoms with Gasteiger partial charge in [-0.1, -0.05) is 25.1 Å². The number of aromatic amines is 1. The van der Waals surface area contributed by atoms with E-state index in [0.717, 1.165) is 11.9 Å². The third kappa shape index (κ3) is 1.87. The van der Waals surface area contributed by atoms with Gasteiger partial charge in [-0.3, -0.25) is 4.79 Å². The van der Waals surface area contributed by atoms with Crippen molar-refractivity contribution >= 4 is 16.7 Å². The lowest BCUT2D eigenvalue weighted by molar-refractivity contribution is -0.120. The number of benzene rings is 1. The molecule has 1 N–H and O–H groups in total. The third-order valence-corrected chi connectivity index (χ3v) is 3.23. The SMILES string of the molecule is CC(=O)C(C)Cc1c(C)[nH]c2ccccc12. The van der Waals surface area contributed by atoms with Crippen LogP contribution in [0.15, 0.2) is 24.3 Å². The van der Waals surface area contributed by atoms with E-state index >= 15 is 0 Å². The van der Waals surface area contributed by atoms with Crippen molar-refractivity contribution in [3.05, 3.63) is 35.5 Å². The van der Waals surface area contributed by atoms with Crippen LogP contribution in [0.4, 0.5) is 0 Å². The van der Waals surface area contributed by atoms with Crippen LogP contribution in [0.5, 0.6) is 0 Å². The van der Waals surface area contributed by atoms with Gasteiger partial charge in [0.1, 0.15) is 5.78 Å². The number of rotatable bonds is 3. The number of Topliss-reactive ketones (excluding diaryl/α,β-unsaturated/α-hetero) is 1. The minimum atomic E-state index is 0.0953. The molecule has 1 aromatic heterocycles. The zero-order valence-electron chi connectivity index (χ0n) is 10.0. The van der Waals surface area contributed by atoms with Crippen molar-refractivity contribution in [1.82, 2.24) is 4.98 Å². The van der Waals surface area contributed by atoms with Gasteiger partial charge < -0.3 is 4.98 Å². The average molecular weight is 215 g/mol. The van der Waals surface area contributed by atoms with E-state index in [-0.39, 0.29) is 11.7 Å². The van der Waals surface area contributed by atoms with Crippen molar-refractivity contribution in [2.24, 2.45) is 5.92 Å². The zero-order chi connectivity index (χ0) is 11.7. The Hall–Kier alpha value is -1.57. The fraction of sp³-hybridized carbons (Fsp3) is 0.357. The van der Waals surface area contributed by atoms with Gasteiger partial charge in [0.05, 0.1) is 0 Å². The van der Waals surface area contributed by atoms with E-state index in [0.29, 0.717) is 0 Å². The van der Waals surface area contributed by atoms with Crippen LogP contribution >= 0.6 is 0 Å². The lowest BCUT2D eigenvalue weighted by Gasteiger charge is -2.07. The number of hydrogen-bond acceptors (Lipinski definition) is 1. The molecule has 2 aromatic rings. The summed E-state index contributed by atoms with van der Waals surface area (Å²) in [5.74, 6) is 0.350. The molecule has 16 heavy (non-hydrogen) atoms. The van der Waals surface area contributed by atoms with E-state index in [1.807, 2.05) is 19.1 Å². The smallest absolute Gasteiger partial charge is 0.132 e. The van der Waals surface area contributed by atoms with Crippen molar-refractivity contribution in [3.8, 4) is 0 Å². The predicted molar refractivity (Wildman–Crippen MR) is 66.6 cm³/mol. The van der Waals surface area contributed by atoms with E-state index < -0.39 is 0 Å². The van der Waals surface area contributed by atoms with Crippen LogP contribution in [-0.4, -0.2) is 10.8 Å². The highest BCUT2D eigenvalue weighted by Crippen LogP contribution is 2.24. The first-order chi connectivity index (χ1) is 7.59. The molecule has 84 valence electrons. The van der Waals surface area contributed by atoms with Crippen LogP contribution in [0.3, 0.4) is 0 Å². The highest BCUT2D eigenvalue weighted by atomic mass is 16.1. The molecule has 0 saturated carbocycles. The number of nitrogens with one attached hydrogen (secondary N) is 1. The Bertz CT molecular complexity index is 525. The number of ketones is 1. The largest absolute Gasteiger partial charge is 0.358 e. The maximum atomic E-state index is 11.3. The number of aromatic nitrogens is 1. The Morgan fingerprint density at radius 2 is 2.06 bits per heavy atom. The van der Waals surface area contributed by atoms with Crippen LogP contribution in [0.25, 0.3) is 10.9 Å². The molecule has 0 aliphatic heterocycles. The molecule has 0 fully saturated rings. The molecule has 1 heterocycles. The Balaban J connectivity index is 2.43. The second-order valence-electron chi connectivity index (χ2n) is 4.49. The summed E-state index contributed by atoms with van der Waals surface area (Å²) in [6, 6.07) is 8.25. The van der Waals surface area contributed by atoms with Gasteiger partial charge >= 0.3 is 0 Å². The van der Waals surface area contributed by atoms with E-state index in [2.05, 4.69) is 24.0 Å². The second-order valence-corrected chi connectivity index (χ2v) is 4.49. The van der Waals surface area contributed by atoms with E-state index in [1.54, 1.807) is 6.92 Å². The van der Waals surface area contributed by atoms with Gasteiger partial charge in [-0.05, 0) is 31.9 Å². The van der Waals surface area contributed by atoms with Gasteiger partial charge in [-0.25, -0.2) is 0 Å². The minimum absolute atomic E-state index is 0.0953. The fourth-order valence-electron chi connectivity index (χ4n) is 2.05. The molecule has 0 bridgehead atoms. The van der Waals surface area contributed by atoms with Crippen LogP contribution in [-0.2, 0) is 11.2 Å². The number of carbonyl (C=O) groups is 1. The van der Waals surface area contributed by atoms with E-state index in [4.69, 9.17) is 0 Å². The summed E-state index contributed by atoms with van der Waals surface area (Å²) in [5.41, 5.74) is 3.61. The van der Waals surface area contributed by atoms with Crippen LogP contribution < -0.4 is 0 Å². The van der Waals surface area contributed by atoms with Gasteiger partial charge in [0, 0.05) is 22.5 Å². The molecule has 2 nitrogen and oxygen atoms in total. The molecule has 0 saturated heterocycles. The summed E-state index contributed by atoms with van der Waals surface area (Å²) in [6.07, 6.45) is 0.825. The number of hydrogen-bond donors (Lipinski definition) is 1. The number of carbonyl (C=O) groups excluding carboxylic acids is 1. The van der Waals surface area contributed by atoms with Crippen LogP contribution in [0, 0.1) is 12.8 Å². The van der Waals surface area contributed by atoms with Gasteiger partial charge in [-0.15, -0.1) is 0 Å². The summed E-state index contributed by atoms with van der Waals surface area (Å²) in [7, 11) is 0. The third-order valence-electron chi connectivity index (χ3n) is 3.23. The van der Waals surface area contributed by atoms with E-state index in [1.165, 1.54) is 16.6 Å². The second kappa shape index (κ2) is 4.12. The summed E-state index contributed by atoms with van der Waals surface area (Å²) >= 11 is 0. The Kier molecular flexibility index (Phi) is 2.82. The maximum Gasteiger partial charge on any atom is 0.132 e. The molecule has 2 rings (SSSR count). The van der Waals surface area contributed by atoms with E-state index in [9.17, 15) is 4.79 Å². The maximum absolute atomic E-state index is 11.3. The zero-order valence-corrected chi connectivity index (χ0v) is 10.0. The average Bonchev–Trinajstić information content (AvgIpc) is 2.55. The normalized spacial score (nSPS) is 12.9. The molecule has 0 aliphatic rings. The van der Waals surface area contributed by atoms with Crippen LogP contribution in [0.2, 0.25) is 0 Å². The Labute approximate surface area is 95.7 Å². The monoisotopic (exact) mass is 215 g/mol. The number of para-hydroxylation sites is 1. The highest BCUT2D eigenvalue weighted by Gasteiger charge is 2.14. The van der Waals surface area contributed by atoms with Crippen molar-refractivity contribution in [2.75, 3.05) is 0 Å². The summed E-state index contributed by atoms with van der Waals surface area (Å²) in [5, 5.41) is 1.24. The minimum Gasteiger partial charge on any atom is -0.358 e. The number of fused-ring (bicyclic) bond motifs is 1. The number of aryl methyl sites for hydroxylation is 1.